The van der Waals surface area contributed by atoms with Crippen LogP contribution in [-0.4, -0.2) is 50.5 Å². The molecule has 3 unspecified atom stereocenters. The molecule has 0 heterocycles. The average molecular weight is 219 g/mol. The number of methoxy groups -OCH3 is 1. The highest BCUT2D eigenvalue weighted by Gasteiger charge is 2.41. The van der Waals surface area contributed by atoms with E-state index >= 15 is 0 Å². The molecule has 0 radical (unpaired) electrons. The molecule has 1 saturated carbocycles. The molecule has 0 amide bonds. The lowest BCUT2D eigenvalue weighted by Gasteiger charge is -2.43. The summed E-state index contributed by atoms with van der Waals surface area (Å²) < 4.78 is 10.9. The zero-order chi connectivity index (χ0) is 10.4. The molecule has 0 aliphatic heterocycles. The van der Waals surface area contributed by atoms with Crippen molar-refractivity contribution < 1.29 is 9.47 Å². The van der Waals surface area contributed by atoms with Crippen LogP contribution in [0.25, 0.3) is 0 Å². The second-order valence-corrected chi connectivity index (χ2v) is 4.47. The van der Waals surface area contributed by atoms with Crippen molar-refractivity contribution >= 4 is 11.8 Å². The molecular weight excluding hydrogens is 198 g/mol. The van der Waals surface area contributed by atoms with Crippen LogP contribution >= 0.6 is 11.8 Å². The maximum absolute atomic E-state index is 5.55. The molecule has 0 saturated heterocycles. The molecule has 0 aromatic rings. The van der Waals surface area contributed by atoms with Gasteiger partial charge in [0.15, 0.2) is 0 Å². The first kappa shape index (κ1) is 12.3. The SMILES string of the molecule is CCOC1CC(NCCSC)C1OC. The maximum Gasteiger partial charge on any atom is 0.0986 e. The normalized spacial score (nSPS) is 31.5. The Morgan fingerprint density at radius 2 is 2.29 bits per heavy atom. The molecule has 0 aromatic carbocycles. The van der Waals surface area contributed by atoms with Crippen LogP contribution in [-0.2, 0) is 9.47 Å². The van der Waals surface area contributed by atoms with Crippen LogP contribution in [0.3, 0.4) is 0 Å². The lowest BCUT2D eigenvalue weighted by Crippen LogP contribution is -2.60. The number of hydrogen-bond acceptors (Lipinski definition) is 4. The van der Waals surface area contributed by atoms with Crippen molar-refractivity contribution in [3.8, 4) is 0 Å². The summed E-state index contributed by atoms with van der Waals surface area (Å²) in [6.07, 6.45) is 3.76. The summed E-state index contributed by atoms with van der Waals surface area (Å²) in [6, 6.07) is 0.490. The number of thioether (sulfide) groups is 1. The molecule has 4 heteroatoms. The van der Waals surface area contributed by atoms with E-state index in [2.05, 4.69) is 11.6 Å². The second kappa shape index (κ2) is 6.67. The first-order valence-corrected chi connectivity index (χ1v) is 6.59. The number of rotatable bonds is 7. The average Bonchev–Trinajstić information content (AvgIpc) is 2.16. The molecule has 3 atom stereocenters. The molecule has 0 bridgehead atoms. The van der Waals surface area contributed by atoms with Gasteiger partial charge in [-0.25, -0.2) is 0 Å². The van der Waals surface area contributed by atoms with Gasteiger partial charge in [0.05, 0.1) is 12.2 Å². The van der Waals surface area contributed by atoms with Crippen LogP contribution in [0.5, 0.6) is 0 Å². The Kier molecular flexibility index (Phi) is 5.86. The van der Waals surface area contributed by atoms with E-state index in [9.17, 15) is 0 Å². The molecule has 1 aliphatic rings. The van der Waals surface area contributed by atoms with Gasteiger partial charge in [0.1, 0.15) is 0 Å². The number of hydrogen-bond donors (Lipinski definition) is 1. The van der Waals surface area contributed by atoms with Crippen molar-refractivity contribution in [2.75, 3.05) is 32.3 Å². The van der Waals surface area contributed by atoms with Gasteiger partial charge in [-0.2, -0.15) is 11.8 Å². The Balaban J connectivity index is 2.16. The highest BCUT2D eigenvalue weighted by Crippen LogP contribution is 2.26. The minimum atomic E-state index is 0.247. The third-order valence-electron chi connectivity index (χ3n) is 2.61. The van der Waals surface area contributed by atoms with Gasteiger partial charge in [-0.1, -0.05) is 0 Å². The Hall–Kier alpha value is 0.230. The monoisotopic (exact) mass is 219 g/mol. The quantitative estimate of drug-likeness (QED) is 0.650. The fourth-order valence-corrected chi connectivity index (χ4v) is 2.14. The fraction of sp³-hybridized carbons (Fsp3) is 1.00. The first-order chi connectivity index (χ1) is 6.83. The molecule has 1 aliphatic carbocycles. The van der Waals surface area contributed by atoms with Gasteiger partial charge in [-0.05, 0) is 19.6 Å². The summed E-state index contributed by atoms with van der Waals surface area (Å²) in [6.45, 7) is 3.87. The molecule has 0 spiro atoms. The predicted octanol–water partition coefficient (Wildman–Crippen LogP) is 1.13. The topological polar surface area (TPSA) is 30.5 Å². The summed E-state index contributed by atoms with van der Waals surface area (Å²) in [5.74, 6) is 1.16. The molecule has 84 valence electrons. The van der Waals surface area contributed by atoms with Crippen molar-refractivity contribution in [1.82, 2.24) is 5.32 Å². The van der Waals surface area contributed by atoms with Crippen LogP contribution in [0.2, 0.25) is 0 Å². The van der Waals surface area contributed by atoms with E-state index in [0.717, 1.165) is 25.3 Å². The van der Waals surface area contributed by atoms with Crippen molar-refractivity contribution in [3.63, 3.8) is 0 Å². The predicted molar refractivity (Wildman–Crippen MR) is 61.0 cm³/mol. The largest absolute Gasteiger partial charge is 0.377 e. The van der Waals surface area contributed by atoms with Crippen LogP contribution in [0.4, 0.5) is 0 Å². The van der Waals surface area contributed by atoms with Crippen LogP contribution in [0, 0.1) is 0 Å². The number of nitrogens with one attached hydrogen (secondary N) is 1. The van der Waals surface area contributed by atoms with Crippen LogP contribution in [0.1, 0.15) is 13.3 Å². The van der Waals surface area contributed by atoms with Crippen molar-refractivity contribution in [2.45, 2.75) is 31.6 Å². The van der Waals surface area contributed by atoms with Crippen LogP contribution in [0.15, 0.2) is 0 Å². The smallest absolute Gasteiger partial charge is 0.0986 e. The molecule has 14 heavy (non-hydrogen) atoms. The Morgan fingerprint density at radius 1 is 1.50 bits per heavy atom. The Morgan fingerprint density at radius 3 is 2.86 bits per heavy atom. The van der Waals surface area contributed by atoms with Crippen molar-refractivity contribution in [1.29, 1.82) is 0 Å². The lowest BCUT2D eigenvalue weighted by atomic mass is 9.85. The van der Waals surface area contributed by atoms with E-state index in [4.69, 9.17) is 9.47 Å². The summed E-state index contributed by atoms with van der Waals surface area (Å²) in [5, 5.41) is 3.48. The summed E-state index contributed by atoms with van der Waals surface area (Å²) in [4.78, 5) is 0. The third kappa shape index (κ3) is 3.12. The van der Waals surface area contributed by atoms with Gasteiger partial charge in [0.25, 0.3) is 0 Å². The fourth-order valence-electron chi connectivity index (χ4n) is 1.82. The molecule has 1 N–H and O–H groups in total. The zero-order valence-corrected chi connectivity index (χ0v) is 10.1. The first-order valence-electron chi connectivity index (χ1n) is 5.20. The molecule has 1 rings (SSSR count). The van der Waals surface area contributed by atoms with Gasteiger partial charge < -0.3 is 14.8 Å². The van der Waals surface area contributed by atoms with E-state index < -0.39 is 0 Å². The van der Waals surface area contributed by atoms with E-state index in [1.54, 1.807) is 7.11 Å². The maximum atomic E-state index is 5.55. The van der Waals surface area contributed by atoms with Gasteiger partial charge in [-0.3, -0.25) is 0 Å². The van der Waals surface area contributed by atoms with Crippen molar-refractivity contribution in [2.24, 2.45) is 0 Å². The Bertz CT molecular complexity index is 155. The highest BCUT2D eigenvalue weighted by molar-refractivity contribution is 7.98. The van der Waals surface area contributed by atoms with Crippen molar-refractivity contribution in [3.05, 3.63) is 0 Å². The lowest BCUT2D eigenvalue weighted by molar-refractivity contribution is -0.130. The molecular formula is C10H21NO2S. The summed E-state index contributed by atoms with van der Waals surface area (Å²) >= 11 is 1.86. The molecule has 3 nitrogen and oxygen atoms in total. The minimum Gasteiger partial charge on any atom is -0.377 e. The number of ether oxygens (including phenoxy) is 2. The Labute approximate surface area is 90.9 Å². The standard InChI is InChI=1S/C10H21NO2S/c1-4-13-9-7-8(10(9)12-2)11-5-6-14-3/h8-11H,4-7H2,1-3H3. The highest BCUT2D eigenvalue weighted by atomic mass is 32.2. The van der Waals surface area contributed by atoms with Gasteiger partial charge in [0, 0.05) is 32.1 Å². The summed E-state index contributed by atoms with van der Waals surface area (Å²) in [7, 11) is 1.76. The van der Waals surface area contributed by atoms with Gasteiger partial charge >= 0.3 is 0 Å². The molecule has 1 fully saturated rings. The van der Waals surface area contributed by atoms with E-state index in [-0.39, 0.29) is 6.10 Å². The van der Waals surface area contributed by atoms with E-state index in [0.29, 0.717) is 12.1 Å². The third-order valence-corrected chi connectivity index (χ3v) is 3.23. The van der Waals surface area contributed by atoms with E-state index in [1.165, 1.54) is 0 Å². The minimum absolute atomic E-state index is 0.247. The zero-order valence-electron chi connectivity index (χ0n) is 9.29. The van der Waals surface area contributed by atoms with Gasteiger partial charge in [-0.15, -0.1) is 0 Å². The second-order valence-electron chi connectivity index (χ2n) is 3.48. The van der Waals surface area contributed by atoms with Crippen LogP contribution < -0.4 is 5.32 Å². The molecule has 0 aromatic heterocycles. The van der Waals surface area contributed by atoms with Gasteiger partial charge in [0.2, 0.25) is 0 Å². The van der Waals surface area contributed by atoms with E-state index in [1.807, 2.05) is 18.7 Å². The summed E-state index contributed by atoms with van der Waals surface area (Å²) in [5.41, 5.74) is 0.